The largest absolute Gasteiger partial charge is 0.481 e. The van der Waals surface area contributed by atoms with Crippen LogP contribution in [0.15, 0.2) is 10.8 Å². The van der Waals surface area contributed by atoms with Gasteiger partial charge in [-0.3, -0.25) is 4.79 Å². The molecule has 1 rings (SSSR count). The molecule has 1 heterocycles. The molecule has 0 amide bonds. The first-order valence-corrected chi connectivity index (χ1v) is 4.38. The average Bonchev–Trinajstić information content (AvgIpc) is 2.31. The highest BCUT2D eigenvalue weighted by atomic mass is 32.1. The third-order valence-corrected chi connectivity index (χ3v) is 2.48. The molecule has 0 saturated heterocycles. The van der Waals surface area contributed by atoms with Crippen LogP contribution in [0.5, 0.6) is 0 Å². The maximum Gasteiger partial charge on any atom is 0.303 e. The number of hydrogen-bond acceptors (Lipinski definition) is 2. The number of carbonyl (C=O) groups is 1. The molecular formula is C8H10O2S. The van der Waals surface area contributed by atoms with Gasteiger partial charge in [0.05, 0.1) is 0 Å². The van der Waals surface area contributed by atoms with E-state index >= 15 is 0 Å². The fraction of sp³-hybridized carbons (Fsp3) is 0.375. The minimum Gasteiger partial charge on any atom is -0.481 e. The van der Waals surface area contributed by atoms with Crippen LogP contribution in [0.3, 0.4) is 0 Å². The second-order valence-electron chi connectivity index (χ2n) is 2.47. The van der Waals surface area contributed by atoms with E-state index in [1.54, 1.807) is 11.3 Å². The molecule has 0 radical (unpaired) electrons. The van der Waals surface area contributed by atoms with Gasteiger partial charge < -0.3 is 5.11 Å². The van der Waals surface area contributed by atoms with Gasteiger partial charge >= 0.3 is 5.97 Å². The molecule has 60 valence electrons. The van der Waals surface area contributed by atoms with Gasteiger partial charge in [-0.05, 0) is 35.2 Å². The summed E-state index contributed by atoms with van der Waals surface area (Å²) in [5.74, 6) is -0.726. The van der Waals surface area contributed by atoms with Crippen molar-refractivity contribution in [3.8, 4) is 0 Å². The Labute approximate surface area is 69.5 Å². The van der Waals surface area contributed by atoms with E-state index in [0.717, 1.165) is 5.56 Å². The van der Waals surface area contributed by atoms with Gasteiger partial charge in [0.25, 0.3) is 0 Å². The molecule has 2 nitrogen and oxygen atoms in total. The van der Waals surface area contributed by atoms with Crippen molar-refractivity contribution in [2.24, 2.45) is 0 Å². The van der Waals surface area contributed by atoms with Gasteiger partial charge in [-0.1, -0.05) is 0 Å². The highest BCUT2D eigenvalue weighted by molar-refractivity contribution is 7.08. The minimum atomic E-state index is -0.726. The maximum atomic E-state index is 10.2. The molecular weight excluding hydrogens is 160 g/mol. The summed E-state index contributed by atoms with van der Waals surface area (Å²) in [5.41, 5.74) is 2.37. The molecule has 0 aliphatic carbocycles. The van der Waals surface area contributed by atoms with Gasteiger partial charge in [0.2, 0.25) is 0 Å². The second kappa shape index (κ2) is 3.53. The maximum absolute atomic E-state index is 10.2. The van der Waals surface area contributed by atoms with Crippen molar-refractivity contribution in [1.82, 2.24) is 0 Å². The van der Waals surface area contributed by atoms with Crippen LogP contribution in [0.4, 0.5) is 0 Å². The van der Waals surface area contributed by atoms with E-state index in [-0.39, 0.29) is 6.42 Å². The molecule has 0 spiro atoms. The van der Waals surface area contributed by atoms with E-state index in [4.69, 9.17) is 5.11 Å². The number of thiophene rings is 1. The predicted octanol–water partition coefficient (Wildman–Crippen LogP) is 2.07. The van der Waals surface area contributed by atoms with Crippen molar-refractivity contribution in [3.63, 3.8) is 0 Å². The molecule has 1 aromatic heterocycles. The molecule has 3 heteroatoms. The first kappa shape index (κ1) is 8.27. The van der Waals surface area contributed by atoms with E-state index in [1.165, 1.54) is 5.56 Å². The van der Waals surface area contributed by atoms with Gasteiger partial charge in [-0.15, -0.1) is 0 Å². The van der Waals surface area contributed by atoms with Crippen molar-refractivity contribution in [2.45, 2.75) is 19.8 Å². The van der Waals surface area contributed by atoms with Crippen molar-refractivity contribution < 1.29 is 9.90 Å². The second-order valence-corrected chi connectivity index (χ2v) is 3.22. The van der Waals surface area contributed by atoms with Crippen LogP contribution in [0, 0.1) is 6.92 Å². The van der Waals surface area contributed by atoms with E-state index in [2.05, 4.69) is 0 Å². The third-order valence-electron chi connectivity index (χ3n) is 1.57. The Morgan fingerprint density at radius 1 is 1.64 bits per heavy atom. The fourth-order valence-corrected chi connectivity index (χ4v) is 1.78. The lowest BCUT2D eigenvalue weighted by molar-refractivity contribution is -0.136. The SMILES string of the molecule is Cc1cscc1CCC(=O)O. The first-order chi connectivity index (χ1) is 5.20. The van der Waals surface area contributed by atoms with Crippen LogP contribution in [-0.2, 0) is 11.2 Å². The van der Waals surface area contributed by atoms with Crippen molar-refractivity contribution in [1.29, 1.82) is 0 Å². The minimum absolute atomic E-state index is 0.234. The first-order valence-electron chi connectivity index (χ1n) is 3.43. The Morgan fingerprint density at radius 2 is 2.36 bits per heavy atom. The van der Waals surface area contributed by atoms with Crippen LogP contribution >= 0.6 is 11.3 Å². The van der Waals surface area contributed by atoms with Gasteiger partial charge in [0.15, 0.2) is 0 Å². The number of hydrogen-bond donors (Lipinski definition) is 1. The van der Waals surface area contributed by atoms with Gasteiger partial charge in [0, 0.05) is 6.42 Å². The normalized spacial score (nSPS) is 9.91. The lowest BCUT2D eigenvalue weighted by atomic mass is 10.1. The molecule has 0 aromatic carbocycles. The van der Waals surface area contributed by atoms with Crippen molar-refractivity contribution in [2.75, 3.05) is 0 Å². The molecule has 0 aliphatic rings. The highest BCUT2D eigenvalue weighted by Gasteiger charge is 2.01. The van der Waals surface area contributed by atoms with Crippen molar-refractivity contribution >= 4 is 17.3 Å². The number of carboxylic acid groups (broad SMARTS) is 1. The molecule has 0 aliphatic heterocycles. The molecule has 0 unspecified atom stereocenters. The fourth-order valence-electron chi connectivity index (χ4n) is 0.885. The molecule has 0 atom stereocenters. The van der Waals surface area contributed by atoms with Gasteiger partial charge in [-0.2, -0.15) is 11.3 Å². The summed E-state index contributed by atoms with van der Waals surface area (Å²) >= 11 is 1.62. The Balaban J connectivity index is 2.51. The number of carboxylic acids is 1. The summed E-state index contributed by atoms with van der Waals surface area (Å²) in [4.78, 5) is 10.2. The van der Waals surface area contributed by atoms with E-state index < -0.39 is 5.97 Å². The van der Waals surface area contributed by atoms with E-state index in [9.17, 15) is 4.79 Å². The molecule has 1 aromatic rings. The quantitative estimate of drug-likeness (QED) is 0.754. The summed E-state index contributed by atoms with van der Waals surface area (Å²) in [7, 11) is 0. The Bertz CT molecular complexity index is 252. The topological polar surface area (TPSA) is 37.3 Å². The summed E-state index contributed by atoms with van der Waals surface area (Å²) in [6.45, 7) is 2.01. The van der Waals surface area contributed by atoms with Gasteiger partial charge in [0.1, 0.15) is 0 Å². The zero-order chi connectivity index (χ0) is 8.27. The number of rotatable bonds is 3. The zero-order valence-electron chi connectivity index (χ0n) is 6.33. The molecule has 0 saturated carbocycles. The monoisotopic (exact) mass is 170 g/mol. The van der Waals surface area contributed by atoms with Crippen molar-refractivity contribution in [3.05, 3.63) is 21.9 Å². The highest BCUT2D eigenvalue weighted by Crippen LogP contribution is 2.14. The Kier molecular flexibility index (Phi) is 2.65. The van der Waals surface area contributed by atoms with Gasteiger partial charge in [-0.25, -0.2) is 0 Å². The lowest BCUT2D eigenvalue weighted by Gasteiger charge is -1.94. The molecule has 0 fully saturated rings. The molecule has 0 bridgehead atoms. The lowest BCUT2D eigenvalue weighted by Crippen LogP contribution is -1.97. The van der Waals surface area contributed by atoms with Crippen LogP contribution in [-0.4, -0.2) is 11.1 Å². The summed E-state index contributed by atoms with van der Waals surface area (Å²) in [6, 6.07) is 0. The standard InChI is InChI=1S/C8H10O2S/c1-6-4-11-5-7(6)2-3-8(9)10/h4-5H,2-3H2,1H3,(H,9,10). The zero-order valence-corrected chi connectivity index (χ0v) is 7.15. The summed E-state index contributed by atoms with van der Waals surface area (Å²) in [6.07, 6.45) is 0.891. The predicted molar refractivity (Wildman–Crippen MR) is 45.0 cm³/mol. The third kappa shape index (κ3) is 2.35. The van der Waals surface area contributed by atoms with E-state index in [0.29, 0.717) is 6.42 Å². The smallest absolute Gasteiger partial charge is 0.303 e. The summed E-state index contributed by atoms with van der Waals surface area (Å²) < 4.78 is 0. The van der Waals surface area contributed by atoms with E-state index in [1.807, 2.05) is 17.7 Å². The van der Waals surface area contributed by atoms with Crippen LogP contribution in [0.25, 0.3) is 0 Å². The molecule has 11 heavy (non-hydrogen) atoms. The Hall–Kier alpha value is -0.830. The van der Waals surface area contributed by atoms with Crippen LogP contribution in [0.2, 0.25) is 0 Å². The molecule has 1 N–H and O–H groups in total. The average molecular weight is 170 g/mol. The number of aliphatic carboxylic acids is 1. The summed E-state index contributed by atoms with van der Waals surface area (Å²) in [5, 5.41) is 12.5. The van der Waals surface area contributed by atoms with Crippen LogP contribution < -0.4 is 0 Å². The van der Waals surface area contributed by atoms with Crippen LogP contribution in [0.1, 0.15) is 17.5 Å². The Morgan fingerprint density at radius 3 is 2.82 bits per heavy atom. The number of aryl methyl sites for hydroxylation is 2.